The van der Waals surface area contributed by atoms with Gasteiger partial charge in [0.25, 0.3) is 15.9 Å². The number of tetrazole rings is 1. The average Bonchev–Trinajstić information content (AvgIpc) is 3.20. The zero-order chi connectivity index (χ0) is 24.4. The van der Waals surface area contributed by atoms with Crippen molar-refractivity contribution in [3.05, 3.63) is 59.7 Å². The second-order valence-electron chi connectivity index (χ2n) is 6.40. The van der Waals surface area contributed by atoms with Crippen molar-refractivity contribution in [2.24, 2.45) is 0 Å². The van der Waals surface area contributed by atoms with Crippen LogP contribution in [0.4, 0.5) is 26.3 Å². The first kappa shape index (κ1) is 24.1. The number of hydrogen-bond acceptors (Lipinski definition) is 6. The minimum absolute atomic E-state index is 0.0144. The van der Waals surface area contributed by atoms with Gasteiger partial charge in [0.2, 0.25) is 5.82 Å². The molecule has 0 radical (unpaired) electrons. The number of halogens is 6. The topological polar surface area (TPSA) is 119 Å². The molecule has 0 aliphatic carbocycles. The van der Waals surface area contributed by atoms with Crippen molar-refractivity contribution in [3.8, 4) is 11.4 Å². The first-order valence-corrected chi connectivity index (χ1v) is 10.2. The van der Waals surface area contributed by atoms with Crippen LogP contribution in [0.2, 0.25) is 0 Å². The van der Waals surface area contributed by atoms with Gasteiger partial charge in [-0.3, -0.25) is 10.2 Å². The number of benzene rings is 2. The lowest BCUT2D eigenvalue weighted by atomic mass is 10.1. The highest BCUT2D eigenvalue weighted by Crippen LogP contribution is 2.31. The molecule has 1 amide bonds. The van der Waals surface area contributed by atoms with Gasteiger partial charge in [-0.2, -0.15) is 31.1 Å². The number of alkyl halides is 6. The Kier molecular flexibility index (Phi) is 6.42. The largest absolute Gasteiger partial charge is 0.416 e. The molecule has 3 aromatic rings. The summed E-state index contributed by atoms with van der Waals surface area (Å²) in [7, 11) is -4.39. The number of nitrogens with one attached hydrogen (secondary N) is 2. The van der Waals surface area contributed by atoms with Crippen LogP contribution >= 0.6 is 0 Å². The molecule has 9 nitrogen and oxygen atoms in total. The molecular weight excluding hydrogens is 482 g/mol. The quantitative estimate of drug-likeness (QED) is 0.401. The molecule has 0 bridgehead atoms. The van der Waals surface area contributed by atoms with Crippen LogP contribution in [0.3, 0.4) is 0 Å². The Bertz CT molecular complexity index is 1260. The Morgan fingerprint density at radius 2 is 1.58 bits per heavy atom. The fraction of sp³-hybridized carbons (Fsp3) is 0.176. The molecule has 0 atom stereocenters. The summed E-state index contributed by atoms with van der Waals surface area (Å²) >= 11 is 0. The van der Waals surface area contributed by atoms with Crippen LogP contribution in [0.5, 0.6) is 0 Å². The second kappa shape index (κ2) is 8.78. The number of carbonyl (C=O) groups is 1. The fourth-order valence-electron chi connectivity index (χ4n) is 2.43. The highest BCUT2D eigenvalue weighted by molar-refractivity contribution is 7.89. The molecule has 0 spiro atoms. The van der Waals surface area contributed by atoms with E-state index in [1.807, 2.05) is 5.43 Å². The van der Waals surface area contributed by atoms with E-state index in [1.165, 1.54) is 6.07 Å². The molecule has 1 heterocycles. The number of sulfonamides is 1. The summed E-state index contributed by atoms with van der Waals surface area (Å²) < 4.78 is 100. The van der Waals surface area contributed by atoms with E-state index in [1.54, 1.807) is 4.83 Å². The van der Waals surface area contributed by atoms with E-state index >= 15 is 0 Å². The molecule has 2 N–H and O–H groups in total. The van der Waals surface area contributed by atoms with Crippen LogP contribution < -0.4 is 10.3 Å². The Hall–Kier alpha value is -3.53. The molecule has 0 unspecified atom stereocenters. The van der Waals surface area contributed by atoms with Crippen molar-refractivity contribution in [3.63, 3.8) is 0 Å². The summed E-state index contributed by atoms with van der Waals surface area (Å²) in [6.45, 7) is -0.665. The summed E-state index contributed by atoms with van der Waals surface area (Å²) in [5, 5.41) is 10.8. The SMILES string of the molecule is O=C(Cn1nnc(-c2cccc(C(F)(F)F)c2)n1)NNS(=O)(=O)c1ccc(C(F)(F)F)cc1. The molecule has 0 aliphatic heterocycles. The van der Waals surface area contributed by atoms with Crippen molar-refractivity contribution in [1.82, 2.24) is 30.5 Å². The molecule has 1 aromatic heterocycles. The number of hydrazine groups is 1. The van der Waals surface area contributed by atoms with Gasteiger partial charge in [0, 0.05) is 5.56 Å². The van der Waals surface area contributed by atoms with Crippen LogP contribution in [-0.4, -0.2) is 34.5 Å². The molecule has 0 fully saturated rings. The Balaban J connectivity index is 1.62. The number of carbonyl (C=O) groups excluding carboxylic acids is 1. The van der Waals surface area contributed by atoms with Crippen molar-refractivity contribution in [1.29, 1.82) is 0 Å². The summed E-state index contributed by atoms with van der Waals surface area (Å²) in [6, 6.07) is 6.62. The minimum atomic E-state index is -4.65. The maximum Gasteiger partial charge on any atom is 0.416 e. The van der Waals surface area contributed by atoms with Gasteiger partial charge in [0.1, 0.15) is 6.54 Å². The van der Waals surface area contributed by atoms with Gasteiger partial charge >= 0.3 is 12.4 Å². The lowest BCUT2D eigenvalue weighted by Gasteiger charge is -2.10. The van der Waals surface area contributed by atoms with Crippen LogP contribution in [0.15, 0.2) is 53.4 Å². The highest BCUT2D eigenvalue weighted by atomic mass is 32.2. The molecule has 33 heavy (non-hydrogen) atoms. The molecule has 0 saturated carbocycles. The number of aromatic nitrogens is 4. The van der Waals surface area contributed by atoms with Crippen LogP contribution in [0, 0.1) is 0 Å². The van der Waals surface area contributed by atoms with E-state index < -0.39 is 50.9 Å². The van der Waals surface area contributed by atoms with Gasteiger partial charge in [0.05, 0.1) is 16.0 Å². The van der Waals surface area contributed by atoms with Crippen molar-refractivity contribution < 1.29 is 39.6 Å². The van der Waals surface area contributed by atoms with E-state index in [9.17, 15) is 39.6 Å². The van der Waals surface area contributed by atoms with Crippen molar-refractivity contribution in [2.45, 2.75) is 23.8 Å². The first-order valence-electron chi connectivity index (χ1n) is 8.69. The van der Waals surface area contributed by atoms with Gasteiger partial charge in [-0.1, -0.05) is 12.1 Å². The molecular formula is C17H12F6N6O3S. The van der Waals surface area contributed by atoms with Gasteiger partial charge < -0.3 is 0 Å². The predicted octanol–water partition coefficient (Wildman–Crippen LogP) is 2.39. The molecule has 0 saturated heterocycles. The molecule has 0 aliphatic rings. The zero-order valence-corrected chi connectivity index (χ0v) is 16.8. The summed E-state index contributed by atoms with van der Waals surface area (Å²) in [6.07, 6.45) is -9.24. The van der Waals surface area contributed by atoms with Gasteiger partial charge in [-0.15, -0.1) is 15.0 Å². The van der Waals surface area contributed by atoms with E-state index in [4.69, 9.17) is 0 Å². The van der Waals surface area contributed by atoms with Crippen LogP contribution in [0.25, 0.3) is 11.4 Å². The molecule has 2 aromatic carbocycles. The van der Waals surface area contributed by atoms with Gasteiger partial charge in [-0.25, -0.2) is 8.42 Å². The average molecular weight is 494 g/mol. The van der Waals surface area contributed by atoms with Crippen molar-refractivity contribution in [2.75, 3.05) is 0 Å². The normalized spacial score (nSPS) is 12.5. The summed E-state index contributed by atoms with van der Waals surface area (Å²) in [5.41, 5.74) is -0.192. The Morgan fingerprint density at radius 3 is 2.18 bits per heavy atom. The van der Waals surface area contributed by atoms with Gasteiger partial charge in [0.15, 0.2) is 0 Å². The van der Waals surface area contributed by atoms with E-state index in [0.717, 1.165) is 18.2 Å². The Labute approximate surface area is 181 Å². The summed E-state index contributed by atoms with van der Waals surface area (Å²) in [4.78, 5) is 13.8. The lowest BCUT2D eigenvalue weighted by molar-refractivity contribution is -0.138. The van der Waals surface area contributed by atoms with Crippen LogP contribution in [0.1, 0.15) is 11.1 Å². The number of hydrogen-bond donors (Lipinski definition) is 2. The molecule has 16 heteroatoms. The monoisotopic (exact) mass is 494 g/mol. The van der Waals surface area contributed by atoms with E-state index in [2.05, 4.69) is 15.4 Å². The summed E-state index contributed by atoms with van der Waals surface area (Å²) in [5.74, 6) is -1.20. The third kappa shape index (κ3) is 6.04. The zero-order valence-electron chi connectivity index (χ0n) is 16.0. The maximum absolute atomic E-state index is 12.8. The standard InChI is InChI=1S/C17H12F6N6O3S/c18-16(19,20)11-4-6-13(7-5-11)33(31,32)28-24-14(30)9-29-26-15(25-27-29)10-2-1-3-12(8-10)17(21,22)23/h1-8,28H,9H2,(H,24,30). The van der Waals surface area contributed by atoms with Crippen LogP contribution in [-0.2, 0) is 33.7 Å². The van der Waals surface area contributed by atoms with E-state index in [-0.39, 0.29) is 11.4 Å². The number of nitrogens with zero attached hydrogens (tertiary/aromatic N) is 4. The third-order valence-corrected chi connectivity index (χ3v) is 5.27. The third-order valence-electron chi connectivity index (χ3n) is 4.00. The highest BCUT2D eigenvalue weighted by Gasteiger charge is 2.31. The maximum atomic E-state index is 12.8. The minimum Gasteiger partial charge on any atom is -0.276 e. The smallest absolute Gasteiger partial charge is 0.276 e. The molecule has 3 rings (SSSR count). The predicted molar refractivity (Wildman–Crippen MR) is 98.2 cm³/mol. The second-order valence-corrected chi connectivity index (χ2v) is 8.08. The van der Waals surface area contributed by atoms with Gasteiger partial charge in [-0.05, 0) is 41.6 Å². The molecule has 176 valence electrons. The lowest BCUT2D eigenvalue weighted by Crippen LogP contribution is -2.43. The van der Waals surface area contributed by atoms with E-state index in [0.29, 0.717) is 29.1 Å². The first-order chi connectivity index (χ1) is 15.3. The number of rotatable bonds is 6. The van der Waals surface area contributed by atoms with Crippen molar-refractivity contribution >= 4 is 15.9 Å². The fourth-order valence-corrected chi connectivity index (χ4v) is 3.29. The Morgan fingerprint density at radius 1 is 0.939 bits per heavy atom. The number of amides is 1.